The lowest BCUT2D eigenvalue weighted by Crippen LogP contribution is -2.39. The van der Waals surface area contributed by atoms with E-state index in [1.54, 1.807) is 0 Å². The van der Waals surface area contributed by atoms with E-state index >= 15 is 0 Å². The average Bonchev–Trinajstić information content (AvgIpc) is 2.66. The Labute approximate surface area is 102 Å². The molecule has 2 heteroatoms. The van der Waals surface area contributed by atoms with E-state index in [4.69, 9.17) is 0 Å². The molecule has 0 radical (unpaired) electrons. The molecule has 1 aliphatic heterocycles. The molecule has 0 aromatic carbocycles. The summed E-state index contributed by atoms with van der Waals surface area (Å²) in [7, 11) is 0. The van der Waals surface area contributed by atoms with Crippen molar-refractivity contribution in [3.8, 4) is 0 Å². The van der Waals surface area contributed by atoms with Crippen molar-refractivity contribution in [2.45, 2.75) is 77.9 Å². The second-order valence-corrected chi connectivity index (χ2v) is 5.64. The average molecular weight is 226 g/mol. The van der Waals surface area contributed by atoms with Crippen LogP contribution in [0.5, 0.6) is 0 Å². The molecular formula is C14H30N2. The lowest BCUT2D eigenvalue weighted by Gasteiger charge is -2.22. The largest absolute Gasteiger partial charge is 0.310 e. The fourth-order valence-electron chi connectivity index (χ4n) is 2.58. The van der Waals surface area contributed by atoms with Gasteiger partial charge in [0.2, 0.25) is 0 Å². The molecule has 2 atom stereocenters. The third-order valence-electron chi connectivity index (χ3n) is 3.71. The van der Waals surface area contributed by atoms with Crippen LogP contribution in [0.2, 0.25) is 0 Å². The van der Waals surface area contributed by atoms with E-state index in [1.165, 1.54) is 45.2 Å². The Bertz CT molecular complexity index is 180. The first-order valence-electron chi connectivity index (χ1n) is 7.13. The Hall–Kier alpha value is -0.0800. The predicted octanol–water partition coefficient (Wildman–Crippen LogP) is 3.03. The first kappa shape index (κ1) is 14.0. The highest BCUT2D eigenvalue weighted by molar-refractivity contribution is 4.84. The Kier molecular flexibility index (Phi) is 6.37. The Morgan fingerprint density at radius 3 is 2.56 bits per heavy atom. The molecule has 0 bridgehead atoms. The van der Waals surface area contributed by atoms with E-state index in [-0.39, 0.29) is 0 Å². The summed E-state index contributed by atoms with van der Waals surface area (Å²) in [6.45, 7) is 11.7. The molecule has 1 rings (SSSR count). The van der Waals surface area contributed by atoms with E-state index in [2.05, 4.69) is 37.9 Å². The standard InChI is InChI=1S/C14H30N2/c1-5-6-7-8-13(4)15-14-9-10-16(11-14)12(2)3/h12-15H,5-11H2,1-4H3. The van der Waals surface area contributed by atoms with Crippen LogP contribution in [0.3, 0.4) is 0 Å². The summed E-state index contributed by atoms with van der Waals surface area (Å²) in [5, 5.41) is 3.78. The van der Waals surface area contributed by atoms with Crippen LogP contribution >= 0.6 is 0 Å². The van der Waals surface area contributed by atoms with Crippen LogP contribution in [-0.2, 0) is 0 Å². The summed E-state index contributed by atoms with van der Waals surface area (Å²) in [6, 6.07) is 2.14. The minimum atomic E-state index is 0.698. The van der Waals surface area contributed by atoms with Crippen molar-refractivity contribution in [2.75, 3.05) is 13.1 Å². The fraction of sp³-hybridized carbons (Fsp3) is 1.00. The van der Waals surface area contributed by atoms with Crippen LogP contribution < -0.4 is 5.32 Å². The molecule has 0 spiro atoms. The molecule has 0 aromatic rings. The zero-order valence-electron chi connectivity index (χ0n) is 11.6. The zero-order valence-corrected chi connectivity index (χ0v) is 11.6. The maximum atomic E-state index is 3.78. The summed E-state index contributed by atoms with van der Waals surface area (Å²) < 4.78 is 0. The van der Waals surface area contributed by atoms with E-state index < -0.39 is 0 Å². The first-order chi connectivity index (χ1) is 7.63. The van der Waals surface area contributed by atoms with E-state index in [0.717, 1.165) is 6.04 Å². The van der Waals surface area contributed by atoms with Gasteiger partial charge in [-0.1, -0.05) is 26.2 Å². The van der Waals surface area contributed by atoms with Gasteiger partial charge in [0.1, 0.15) is 0 Å². The monoisotopic (exact) mass is 226 g/mol. The second-order valence-electron chi connectivity index (χ2n) is 5.64. The van der Waals surface area contributed by atoms with Gasteiger partial charge >= 0.3 is 0 Å². The summed E-state index contributed by atoms with van der Waals surface area (Å²) in [5.41, 5.74) is 0. The molecule has 2 nitrogen and oxygen atoms in total. The smallest absolute Gasteiger partial charge is 0.0209 e. The predicted molar refractivity (Wildman–Crippen MR) is 71.9 cm³/mol. The van der Waals surface area contributed by atoms with E-state index in [9.17, 15) is 0 Å². The highest BCUT2D eigenvalue weighted by Gasteiger charge is 2.24. The first-order valence-corrected chi connectivity index (χ1v) is 7.13. The highest BCUT2D eigenvalue weighted by Crippen LogP contribution is 2.14. The molecule has 0 aromatic heterocycles. The molecule has 1 N–H and O–H groups in total. The molecule has 0 aliphatic carbocycles. The molecule has 0 saturated carbocycles. The number of hydrogen-bond acceptors (Lipinski definition) is 2. The van der Waals surface area contributed by atoms with Crippen LogP contribution in [-0.4, -0.2) is 36.1 Å². The molecule has 1 saturated heterocycles. The van der Waals surface area contributed by atoms with Crippen molar-refractivity contribution in [1.29, 1.82) is 0 Å². The van der Waals surface area contributed by atoms with Crippen LogP contribution in [0.1, 0.15) is 59.8 Å². The van der Waals surface area contributed by atoms with Crippen molar-refractivity contribution >= 4 is 0 Å². The number of hydrogen-bond donors (Lipinski definition) is 1. The van der Waals surface area contributed by atoms with Crippen LogP contribution in [0.25, 0.3) is 0 Å². The molecule has 16 heavy (non-hydrogen) atoms. The summed E-state index contributed by atoms with van der Waals surface area (Å²) >= 11 is 0. The van der Waals surface area contributed by atoms with E-state index in [0.29, 0.717) is 12.1 Å². The van der Waals surface area contributed by atoms with Gasteiger partial charge in [-0.2, -0.15) is 0 Å². The number of nitrogens with zero attached hydrogens (tertiary/aromatic N) is 1. The second kappa shape index (κ2) is 7.29. The van der Waals surface area contributed by atoms with Gasteiger partial charge in [0.05, 0.1) is 0 Å². The van der Waals surface area contributed by atoms with Crippen molar-refractivity contribution in [3.63, 3.8) is 0 Å². The van der Waals surface area contributed by atoms with E-state index in [1.807, 2.05) is 0 Å². The SMILES string of the molecule is CCCCCC(C)NC1CCN(C(C)C)C1. The minimum absolute atomic E-state index is 0.698. The van der Waals surface area contributed by atoms with Crippen LogP contribution in [0, 0.1) is 0 Å². The third-order valence-corrected chi connectivity index (χ3v) is 3.71. The summed E-state index contributed by atoms with van der Waals surface area (Å²) in [6.07, 6.45) is 6.76. The van der Waals surface area contributed by atoms with Gasteiger partial charge in [-0.15, -0.1) is 0 Å². The van der Waals surface area contributed by atoms with Crippen molar-refractivity contribution in [2.24, 2.45) is 0 Å². The fourth-order valence-corrected chi connectivity index (χ4v) is 2.58. The minimum Gasteiger partial charge on any atom is -0.310 e. The van der Waals surface area contributed by atoms with Crippen molar-refractivity contribution < 1.29 is 0 Å². The van der Waals surface area contributed by atoms with Gasteiger partial charge in [0.15, 0.2) is 0 Å². The highest BCUT2D eigenvalue weighted by atomic mass is 15.2. The van der Waals surface area contributed by atoms with Gasteiger partial charge in [-0.25, -0.2) is 0 Å². The Morgan fingerprint density at radius 2 is 2.00 bits per heavy atom. The molecule has 1 heterocycles. The zero-order chi connectivity index (χ0) is 12.0. The van der Waals surface area contributed by atoms with Crippen LogP contribution in [0.15, 0.2) is 0 Å². The van der Waals surface area contributed by atoms with Gasteiger partial charge in [-0.3, -0.25) is 4.90 Å². The summed E-state index contributed by atoms with van der Waals surface area (Å²) in [4.78, 5) is 2.58. The normalized spacial score (nSPS) is 24.2. The number of likely N-dealkylation sites (tertiary alicyclic amines) is 1. The van der Waals surface area contributed by atoms with Gasteiger partial charge in [-0.05, 0) is 40.2 Å². The quantitative estimate of drug-likeness (QED) is 0.671. The maximum absolute atomic E-state index is 3.78. The molecule has 1 aliphatic rings. The maximum Gasteiger partial charge on any atom is 0.0209 e. The van der Waals surface area contributed by atoms with Crippen molar-refractivity contribution in [1.82, 2.24) is 10.2 Å². The Balaban J connectivity index is 2.13. The molecule has 1 fully saturated rings. The van der Waals surface area contributed by atoms with Crippen molar-refractivity contribution in [3.05, 3.63) is 0 Å². The Morgan fingerprint density at radius 1 is 1.25 bits per heavy atom. The number of nitrogens with one attached hydrogen (secondary N) is 1. The van der Waals surface area contributed by atoms with Gasteiger partial charge < -0.3 is 5.32 Å². The lowest BCUT2D eigenvalue weighted by atomic mass is 10.1. The molecule has 96 valence electrons. The molecule has 0 amide bonds. The number of unbranched alkanes of at least 4 members (excludes halogenated alkanes) is 2. The van der Waals surface area contributed by atoms with Gasteiger partial charge in [0.25, 0.3) is 0 Å². The topological polar surface area (TPSA) is 15.3 Å². The summed E-state index contributed by atoms with van der Waals surface area (Å²) in [5.74, 6) is 0. The molecular weight excluding hydrogens is 196 g/mol. The molecule has 2 unspecified atom stereocenters. The number of rotatable bonds is 7. The van der Waals surface area contributed by atoms with Crippen LogP contribution in [0.4, 0.5) is 0 Å². The lowest BCUT2D eigenvalue weighted by molar-refractivity contribution is 0.265. The van der Waals surface area contributed by atoms with Gasteiger partial charge in [0, 0.05) is 24.7 Å². The third kappa shape index (κ3) is 4.84.